The fourth-order valence-electron chi connectivity index (χ4n) is 3.91. The van der Waals surface area contributed by atoms with Crippen LogP contribution in [0.15, 0.2) is 0 Å². The lowest BCUT2D eigenvalue weighted by Gasteiger charge is -2.41. The van der Waals surface area contributed by atoms with Gasteiger partial charge in [0.25, 0.3) is 0 Å². The first kappa shape index (κ1) is 18.2. The second-order valence-electron chi connectivity index (χ2n) is 7.06. The summed E-state index contributed by atoms with van der Waals surface area (Å²) in [6.45, 7) is 12.1. The number of hydrogen-bond donors (Lipinski definition) is 0. The number of hydrogen-bond acceptors (Lipinski definition) is 4. The summed E-state index contributed by atoms with van der Waals surface area (Å²) in [4.78, 5) is 5.18. The third-order valence-corrected chi connectivity index (χ3v) is 5.51. The molecule has 130 valence electrons. The quantitative estimate of drug-likeness (QED) is 0.688. The second kappa shape index (κ2) is 9.86. The molecule has 0 aromatic rings. The molecule has 1 heterocycles. The van der Waals surface area contributed by atoms with Crippen molar-refractivity contribution in [3.63, 3.8) is 0 Å². The lowest BCUT2D eigenvalue weighted by atomic mass is 9.88. The van der Waals surface area contributed by atoms with Crippen LogP contribution in [0.2, 0.25) is 0 Å². The highest BCUT2D eigenvalue weighted by molar-refractivity contribution is 4.81. The van der Waals surface area contributed by atoms with Crippen LogP contribution < -0.4 is 0 Å². The van der Waals surface area contributed by atoms with Crippen molar-refractivity contribution in [3.05, 3.63) is 0 Å². The van der Waals surface area contributed by atoms with E-state index in [9.17, 15) is 0 Å². The number of rotatable bonds is 8. The van der Waals surface area contributed by atoms with E-state index >= 15 is 0 Å². The predicted octanol–water partition coefficient (Wildman–Crippen LogP) is 2.62. The molecule has 0 spiro atoms. The lowest BCUT2D eigenvalue weighted by Crippen LogP contribution is -2.54. The van der Waals surface area contributed by atoms with Gasteiger partial charge in [0.05, 0.1) is 19.3 Å². The molecule has 3 atom stereocenters. The van der Waals surface area contributed by atoms with Gasteiger partial charge in [-0.3, -0.25) is 9.80 Å². The molecule has 4 nitrogen and oxygen atoms in total. The molecule has 2 rings (SSSR count). The minimum Gasteiger partial charge on any atom is -0.383 e. The highest BCUT2D eigenvalue weighted by Crippen LogP contribution is 2.26. The Hall–Kier alpha value is -0.160. The van der Waals surface area contributed by atoms with Crippen LogP contribution in [0.3, 0.4) is 0 Å². The van der Waals surface area contributed by atoms with E-state index in [1.54, 1.807) is 7.11 Å². The van der Waals surface area contributed by atoms with Crippen LogP contribution in [0, 0.1) is 5.92 Å². The van der Waals surface area contributed by atoms with Gasteiger partial charge < -0.3 is 9.47 Å². The summed E-state index contributed by atoms with van der Waals surface area (Å²) in [6, 6.07) is 0.678. The molecule has 0 aromatic carbocycles. The van der Waals surface area contributed by atoms with Gasteiger partial charge in [0, 0.05) is 45.9 Å². The van der Waals surface area contributed by atoms with Crippen LogP contribution in [0.5, 0.6) is 0 Å². The number of piperazine rings is 1. The van der Waals surface area contributed by atoms with Gasteiger partial charge in [-0.15, -0.1) is 0 Å². The van der Waals surface area contributed by atoms with Gasteiger partial charge >= 0.3 is 0 Å². The average molecular weight is 312 g/mol. The maximum absolute atomic E-state index is 6.18. The Labute approximate surface area is 137 Å². The summed E-state index contributed by atoms with van der Waals surface area (Å²) >= 11 is 0. The summed E-state index contributed by atoms with van der Waals surface area (Å²) in [6.07, 6.45) is 7.09. The molecule has 0 radical (unpaired) electrons. The number of methoxy groups -OCH3 is 1. The molecule has 0 amide bonds. The normalized spacial score (nSPS) is 31.5. The van der Waals surface area contributed by atoms with Crippen molar-refractivity contribution in [3.8, 4) is 0 Å². The zero-order chi connectivity index (χ0) is 15.8. The summed E-state index contributed by atoms with van der Waals surface area (Å²) in [5.41, 5.74) is 0. The van der Waals surface area contributed by atoms with E-state index in [2.05, 4.69) is 23.6 Å². The van der Waals surface area contributed by atoms with Gasteiger partial charge in [-0.2, -0.15) is 0 Å². The maximum Gasteiger partial charge on any atom is 0.0601 e. The molecule has 2 aliphatic rings. The van der Waals surface area contributed by atoms with Crippen molar-refractivity contribution in [2.45, 2.75) is 58.1 Å². The van der Waals surface area contributed by atoms with E-state index in [1.807, 2.05) is 0 Å². The van der Waals surface area contributed by atoms with E-state index in [-0.39, 0.29) is 0 Å². The van der Waals surface area contributed by atoms with Crippen molar-refractivity contribution in [1.29, 1.82) is 0 Å². The van der Waals surface area contributed by atoms with E-state index < -0.39 is 0 Å². The topological polar surface area (TPSA) is 24.9 Å². The van der Waals surface area contributed by atoms with Crippen molar-refractivity contribution < 1.29 is 9.47 Å². The molecule has 1 aliphatic heterocycles. The second-order valence-corrected chi connectivity index (χ2v) is 7.06. The fraction of sp³-hybridized carbons (Fsp3) is 1.00. The standard InChI is InChI=1S/C18H36N2O2/c1-4-17-15-19(9-10-20(17)12-13-21-3)11-14-22-18-8-6-5-7-16(18)2/h16-18H,4-15H2,1-3H3/t16-,17+,18-/m0/s1. The summed E-state index contributed by atoms with van der Waals surface area (Å²) in [7, 11) is 1.79. The van der Waals surface area contributed by atoms with Gasteiger partial charge in [0.2, 0.25) is 0 Å². The van der Waals surface area contributed by atoms with Gasteiger partial charge in [0.15, 0.2) is 0 Å². The van der Waals surface area contributed by atoms with Crippen molar-refractivity contribution in [2.24, 2.45) is 5.92 Å². The van der Waals surface area contributed by atoms with Crippen LogP contribution >= 0.6 is 0 Å². The molecule has 4 heteroatoms. The third kappa shape index (κ3) is 5.48. The molecule has 0 bridgehead atoms. The monoisotopic (exact) mass is 312 g/mol. The zero-order valence-electron chi connectivity index (χ0n) is 14.9. The molecule has 0 N–H and O–H groups in total. The van der Waals surface area contributed by atoms with Crippen molar-refractivity contribution >= 4 is 0 Å². The average Bonchev–Trinajstić information content (AvgIpc) is 2.55. The highest BCUT2D eigenvalue weighted by atomic mass is 16.5. The van der Waals surface area contributed by atoms with Crippen molar-refractivity contribution in [2.75, 3.05) is 53.0 Å². The van der Waals surface area contributed by atoms with Gasteiger partial charge in [-0.05, 0) is 25.2 Å². The minimum atomic E-state index is 0.513. The smallest absolute Gasteiger partial charge is 0.0601 e. The largest absolute Gasteiger partial charge is 0.383 e. The van der Waals surface area contributed by atoms with Crippen molar-refractivity contribution in [1.82, 2.24) is 9.80 Å². The Morgan fingerprint density at radius 3 is 2.59 bits per heavy atom. The SMILES string of the molecule is CC[C@@H]1CN(CCO[C@H]2CCCC[C@@H]2C)CCN1CCOC. The summed E-state index contributed by atoms with van der Waals surface area (Å²) < 4.78 is 11.4. The number of ether oxygens (including phenoxy) is 2. The first-order valence-corrected chi connectivity index (χ1v) is 9.31. The molecule has 1 aliphatic carbocycles. The summed E-state index contributed by atoms with van der Waals surface area (Å²) in [5, 5.41) is 0. The molecule has 22 heavy (non-hydrogen) atoms. The zero-order valence-corrected chi connectivity index (χ0v) is 14.9. The van der Waals surface area contributed by atoms with Gasteiger partial charge in [0.1, 0.15) is 0 Å². The summed E-state index contributed by atoms with van der Waals surface area (Å²) in [5.74, 6) is 0.753. The molecule has 0 aromatic heterocycles. The maximum atomic E-state index is 6.18. The van der Waals surface area contributed by atoms with Crippen LogP contribution in [0.4, 0.5) is 0 Å². The van der Waals surface area contributed by atoms with E-state index in [0.29, 0.717) is 12.1 Å². The Morgan fingerprint density at radius 2 is 1.86 bits per heavy atom. The van der Waals surface area contributed by atoms with Gasteiger partial charge in [-0.25, -0.2) is 0 Å². The molecule has 0 unspecified atom stereocenters. The first-order chi connectivity index (χ1) is 10.7. The molecular weight excluding hydrogens is 276 g/mol. The molecule has 1 saturated carbocycles. The Balaban J connectivity index is 1.66. The number of nitrogens with zero attached hydrogens (tertiary/aromatic N) is 2. The lowest BCUT2D eigenvalue weighted by molar-refractivity contribution is -0.0242. The van der Waals surface area contributed by atoms with Crippen LogP contribution in [0.25, 0.3) is 0 Å². The minimum absolute atomic E-state index is 0.513. The molecular formula is C18H36N2O2. The molecule has 2 fully saturated rings. The molecule has 1 saturated heterocycles. The van der Waals surface area contributed by atoms with E-state index in [0.717, 1.165) is 32.2 Å². The third-order valence-electron chi connectivity index (χ3n) is 5.51. The van der Waals surface area contributed by atoms with Crippen LogP contribution in [0.1, 0.15) is 46.0 Å². The van der Waals surface area contributed by atoms with E-state index in [4.69, 9.17) is 9.47 Å². The Morgan fingerprint density at radius 1 is 1.05 bits per heavy atom. The van der Waals surface area contributed by atoms with Gasteiger partial charge in [-0.1, -0.05) is 26.7 Å². The van der Waals surface area contributed by atoms with Crippen LogP contribution in [-0.4, -0.2) is 75.0 Å². The first-order valence-electron chi connectivity index (χ1n) is 9.31. The highest BCUT2D eigenvalue weighted by Gasteiger charge is 2.26. The predicted molar refractivity (Wildman–Crippen MR) is 91.3 cm³/mol. The fourth-order valence-corrected chi connectivity index (χ4v) is 3.91. The Bertz CT molecular complexity index is 301. The Kier molecular flexibility index (Phi) is 8.15. The van der Waals surface area contributed by atoms with E-state index in [1.165, 1.54) is 51.7 Å². The van der Waals surface area contributed by atoms with Crippen LogP contribution in [-0.2, 0) is 9.47 Å².